The van der Waals surface area contributed by atoms with Crippen molar-refractivity contribution < 1.29 is 9.53 Å². The first-order valence-corrected chi connectivity index (χ1v) is 8.97. The van der Waals surface area contributed by atoms with Crippen molar-refractivity contribution in [3.63, 3.8) is 0 Å². The summed E-state index contributed by atoms with van der Waals surface area (Å²) in [4.78, 5) is 25.5. The second kappa shape index (κ2) is 8.22. The summed E-state index contributed by atoms with van der Waals surface area (Å²) < 4.78 is 5.38. The van der Waals surface area contributed by atoms with Crippen LogP contribution in [0, 0.1) is 13.8 Å². The Hall–Kier alpha value is -2.87. The molecule has 0 unspecified atom stereocenters. The zero-order valence-corrected chi connectivity index (χ0v) is 16.2. The average molecular weight is 370 g/mol. The number of rotatable bonds is 4. The Morgan fingerprint density at radius 1 is 1.15 bits per heavy atom. The molecule has 2 aromatic rings. The smallest absolute Gasteiger partial charge is 0.323 e. The van der Waals surface area contributed by atoms with Crippen LogP contribution >= 0.6 is 0 Å². The van der Waals surface area contributed by atoms with Crippen LogP contribution in [-0.2, 0) is 4.74 Å². The van der Waals surface area contributed by atoms with Gasteiger partial charge in [0.2, 0.25) is 5.95 Å². The van der Waals surface area contributed by atoms with Gasteiger partial charge in [-0.25, -0.2) is 9.78 Å². The van der Waals surface area contributed by atoms with Gasteiger partial charge in [-0.05, 0) is 31.0 Å². The van der Waals surface area contributed by atoms with Crippen molar-refractivity contribution in [2.75, 3.05) is 60.8 Å². The Morgan fingerprint density at radius 3 is 2.56 bits per heavy atom. The molecule has 0 saturated carbocycles. The first kappa shape index (κ1) is 18.9. The fourth-order valence-corrected chi connectivity index (χ4v) is 2.87. The lowest BCUT2D eigenvalue weighted by atomic mass is 10.1. The standard InChI is InChI=1S/C19H26N6O2/c1-13-6-5-7-15(14(13)2)21-19(26)22-16-12-20-18(23-17(16)24(3)4)25-8-10-27-11-9-25/h5-7,12H,8-11H2,1-4H3,(H2,21,22,26). The number of carbonyl (C=O) groups excluding carboxylic acids is 1. The fraction of sp³-hybridized carbons (Fsp3) is 0.421. The SMILES string of the molecule is Cc1cccc(NC(=O)Nc2cnc(N3CCOCC3)nc2N(C)C)c1C. The van der Waals surface area contributed by atoms with Gasteiger partial charge in [0.1, 0.15) is 5.69 Å². The van der Waals surface area contributed by atoms with Crippen LogP contribution in [0.4, 0.5) is 27.9 Å². The molecular weight excluding hydrogens is 344 g/mol. The highest BCUT2D eigenvalue weighted by atomic mass is 16.5. The highest BCUT2D eigenvalue weighted by molar-refractivity contribution is 6.01. The second-order valence-electron chi connectivity index (χ2n) is 6.73. The third kappa shape index (κ3) is 4.46. The lowest BCUT2D eigenvalue weighted by Crippen LogP contribution is -2.37. The van der Waals surface area contributed by atoms with Crippen LogP contribution < -0.4 is 20.4 Å². The molecule has 0 radical (unpaired) electrons. The molecule has 0 aliphatic carbocycles. The molecule has 0 bridgehead atoms. The van der Waals surface area contributed by atoms with Crippen molar-refractivity contribution in [2.45, 2.75) is 13.8 Å². The number of nitrogens with one attached hydrogen (secondary N) is 2. The maximum atomic E-state index is 12.5. The predicted octanol–water partition coefficient (Wildman–Crippen LogP) is 2.64. The summed E-state index contributed by atoms with van der Waals surface area (Å²) >= 11 is 0. The molecule has 8 nitrogen and oxygen atoms in total. The van der Waals surface area contributed by atoms with Gasteiger partial charge < -0.3 is 25.2 Å². The molecule has 1 aromatic heterocycles. The molecule has 2 heterocycles. The van der Waals surface area contributed by atoms with Crippen LogP contribution in [0.3, 0.4) is 0 Å². The van der Waals surface area contributed by atoms with Crippen molar-refractivity contribution in [3.8, 4) is 0 Å². The van der Waals surface area contributed by atoms with E-state index >= 15 is 0 Å². The van der Waals surface area contributed by atoms with E-state index in [0.717, 1.165) is 29.9 Å². The van der Waals surface area contributed by atoms with Crippen molar-refractivity contribution in [1.29, 1.82) is 0 Å². The average Bonchev–Trinajstić information content (AvgIpc) is 2.66. The van der Waals surface area contributed by atoms with Gasteiger partial charge >= 0.3 is 6.03 Å². The van der Waals surface area contributed by atoms with Crippen LogP contribution in [0.5, 0.6) is 0 Å². The minimum atomic E-state index is -0.325. The van der Waals surface area contributed by atoms with E-state index in [-0.39, 0.29) is 6.03 Å². The maximum absolute atomic E-state index is 12.5. The van der Waals surface area contributed by atoms with Gasteiger partial charge in [0.25, 0.3) is 0 Å². The van der Waals surface area contributed by atoms with E-state index in [1.807, 2.05) is 51.0 Å². The molecule has 1 aliphatic rings. The number of aromatic nitrogens is 2. The highest BCUT2D eigenvalue weighted by Gasteiger charge is 2.18. The number of benzene rings is 1. The number of ether oxygens (including phenoxy) is 1. The van der Waals surface area contributed by atoms with Gasteiger partial charge in [0.15, 0.2) is 5.82 Å². The fourth-order valence-electron chi connectivity index (χ4n) is 2.87. The van der Waals surface area contributed by atoms with Gasteiger partial charge in [-0.2, -0.15) is 4.98 Å². The van der Waals surface area contributed by atoms with Gasteiger partial charge in [-0.15, -0.1) is 0 Å². The highest BCUT2D eigenvalue weighted by Crippen LogP contribution is 2.25. The zero-order valence-electron chi connectivity index (χ0n) is 16.2. The third-order valence-electron chi connectivity index (χ3n) is 4.57. The number of amides is 2. The number of anilines is 4. The summed E-state index contributed by atoms with van der Waals surface area (Å²) in [7, 11) is 3.78. The minimum absolute atomic E-state index is 0.325. The molecule has 0 atom stereocenters. The van der Waals surface area contributed by atoms with Gasteiger partial charge in [-0.3, -0.25) is 0 Å². The number of nitrogens with zero attached hydrogens (tertiary/aromatic N) is 4. The monoisotopic (exact) mass is 370 g/mol. The Balaban J connectivity index is 1.77. The van der Waals surface area contributed by atoms with Crippen LogP contribution in [0.25, 0.3) is 0 Å². The number of urea groups is 1. The maximum Gasteiger partial charge on any atom is 0.323 e. The largest absolute Gasteiger partial charge is 0.378 e. The molecule has 2 amide bonds. The van der Waals surface area contributed by atoms with Gasteiger partial charge in [0.05, 0.1) is 19.4 Å². The topological polar surface area (TPSA) is 82.6 Å². The molecule has 144 valence electrons. The number of carbonyl (C=O) groups is 1. The third-order valence-corrected chi connectivity index (χ3v) is 4.57. The number of hydrogen-bond acceptors (Lipinski definition) is 6. The normalized spacial score (nSPS) is 14.0. The van der Waals surface area contributed by atoms with Crippen LogP contribution in [0.2, 0.25) is 0 Å². The summed E-state index contributed by atoms with van der Waals surface area (Å²) in [6.07, 6.45) is 1.65. The lowest BCUT2D eigenvalue weighted by Gasteiger charge is -2.28. The van der Waals surface area contributed by atoms with E-state index in [1.165, 1.54) is 0 Å². The molecule has 1 aromatic carbocycles. The van der Waals surface area contributed by atoms with E-state index in [0.29, 0.717) is 30.7 Å². The number of morpholine rings is 1. The molecule has 1 aliphatic heterocycles. The zero-order chi connectivity index (χ0) is 19.4. The Morgan fingerprint density at radius 2 is 1.85 bits per heavy atom. The van der Waals surface area contributed by atoms with Crippen molar-refractivity contribution >= 4 is 29.2 Å². The van der Waals surface area contributed by atoms with E-state index in [1.54, 1.807) is 6.20 Å². The first-order chi connectivity index (χ1) is 13.0. The van der Waals surface area contributed by atoms with Crippen molar-refractivity contribution in [1.82, 2.24) is 9.97 Å². The summed E-state index contributed by atoms with van der Waals surface area (Å²) in [6, 6.07) is 5.49. The molecule has 2 N–H and O–H groups in total. The summed E-state index contributed by atoms with van der Waals surface area (Å²) in [6.45, 7) is 6.84. The first-order valence-electron chi connectivity index (χ1n) is 8.97. The molecular formula is C19H26N6O2. The Bertz CT molecular complexity index is 818. The lowest BCUT2D eigenvalue weighted by molar-refractivity contribution is 0.122. The van der Waals surface area contributed by atoms with E-state index in [2.05, 4.69) is 25.5 Å². The summed E-state index contributed by atoms with van der Waals surface area (Å²) in [5, 5.41) is 5.75. The van der Waals surface area contributed by atoms with Crippen LogP contribution in [-0.4, -0.2) is 56.4 Å². The van der Waals surface area contributed by atoms with Crippen molar-refractivity contribution in [3.05, 3.63) is 35.5 Å². The molecule has 3 rings (SSSR count). The molecule has 27 heavy (non-hydrogen) atoms. The number of aryl methyl sites for hydroxylation is 1. The summed E-state index contributed by atoms with van der Waals surface area (Å²) in [5.74, 6) is 1.30. The van der Waals surface area contributed by atoms with Gasteiger partial charge in [0, 0.05) is 32.9 Å². The number of hydrogen-bond donors (Lipinski definition) is 2. The van der Waals surface area contributed by atoms with E-state index < -0.39 is 0 Å². The van der Waals surface area contributed by atoms with Crippen LogP contribution in [0.15, 0.2) is 24.4 Å². The Labute approximate surface area is 159 Å². The minimum Gasteiger partial charge on any atom is -0.378 e. The predicted molar refractivity (Wildman–Crippen MR) is 108 cm³/mol. The van der Waals surface area contributed by atoms with E-state index in [4.69, 9.17) is 4.74 Å². The molecule has 0 spiro atoms. The molecule has 8 heteroatoms. The quantitative estimate of drug-likeness (QED) is 0.861. The Kier molecular flexibility index (Phi) is 5.75. The van der Waals surface area contributed by atoms with E-state index in [9.17, 15) is 4.79 Å². The second-order valence-corrected chi connectivity index (χ2v) is 6.73. The molecule has 1 saturated heterocycles. The summed E-state index contributed by atoms with van der Waals surface area (Å²) in [5.41, 5.74) is 3.50. The van der Waals surface area contributed by atoms with Gasteiger partial charge in [-0.1, -0.05) is 12.1 Å². The van der Waals surface area contributed by atoms with Crippen LogP contribution in [0.1, 0.15) is 11.1 Å². The van der Waals surface area contributed by atoms with Crippen molar-refractivity contribution in [2.24, 2.45) is 0 Å². The molecule has 1 fully saturated rings.